The Morgan fingerprint density at radius 1 is 1.17 bits per heavy atom. The number of nitrogens with two attached hydrogens (primary N) is 3. The van der Waals surface area contributed by atoms with Crippen LogP contribution in [-0.4, -0.2) is 17.8 Å². The predicted molar refractivity (Wildman–Crippen MR) is 95.1 cm³/mol. The largest absolute Gasteiger partial charge is 0.404 e. The van der Waals surface area contributed by atoms with Crippen LogP contribution in [0.2, 0.25) is 0 Å². The van der Waals surface area contributed by atoms with Gasteiger partial charge in [0.05, 0.1) is 11.3 Å². The highest BCUT2D eigenvalue weighted by Crippen LogP contribution is 2.24. The highest BCUT2D eigenvalue weighted by Gasteiger charge is 2.13. The molecule has 1 fully saturated rings. The van der Waals surface area contributed by atoms with Crippen LogP contribution in [0.15, 0.2) is 45.9 Å². The maximum absolute atomic E-state index is 11.2. The molecule has 2 rings (SSSR count). The Morgan fingerprint density at radius 2 is 1.83 bits per heavy atom. The average molecular weight is 333 g/mol. The van der Waals surface area contributed by atoms with Gasteiger partial charge in [0.2, 0.25) is 0 Å². The minimum atomic E-state index is -0.697. The number of nitrogens with zero attached hydrogens (tertiary/aromatic N) is 1. The lowest BCUT2D eigenvalue weighted by molar-refractivity contribution is -0.114. The second-order valence-electron chi connectivity index (χ2n) is 5.49. The van der Waals surface area contributed by atoms with Crippen molar-refractivity contribution < 1.29 is 4.79 Å². The average Bonchev–Trinajstić information content (AvgIpc) is 2.55. The highest BCUT2D eigenvalue weighted by atomic mass is 32.2. The third-order valence-electron chi connectivity index (χ3n) is 3.74. The molecule has 1 amide bonds. The summed E-state index contributed by atoms with van der Waals surface area (Å²) in [5.74, 6) is -0.682. The quantitative estimate of drug-likeness (QED) is 0.274. The maximum atomic E-state index is 11.2. The molecule has 1 aromatic rings. The first kappa shape index (κ1) is 17.4. The van der Waals surface area contributed by atoms with Gasteiger partial charge in [0.15, 0.2) is 0 Å². The molecule has 0 unspecified atom stereocenters. The molecule has 0 atom stereocenters. The van der Waals surface area contributed by atoms with Gasteiger partial charge in [0, 0.05) is 17.1 Å². The molecule has 124 valence electrons. The normalized spacial score (nSPS) is 17.2. The van der Waals surface area contributed by atoms with Gasteiger partial charge in [-0.15, -0.1) is 0 Å². The first-order chi connectivity index (χ1) is 11.1. The van der Waals surface area contributed by atoms with Crippen LogP contribution in [0, 0.1) is 0 Å². The van der Waals surface area contributed by atoms with Crippen molar-refractivity contribution in [3.05, 3.63) is 36.0 Å². The van der Waals surface area contributed by atoms with Gasteiger partial charge in [0.1, 0.15) is 5.84 Å². The van der Waals surface area contributed by atoms with E-state index in [0.29, 0.717) is 11.7 Å². The third-order valence-corrected chi connectivity index (χ3v) is 4.70. The second-order valence-corrected chi connectivity index (χ2v) is 6.40. The van der Waals surface area contributed by atoms with E-state index < -0.39 is 5.91 Å². The van der Waals surface area contributed by atoms with Gasteiger partial charge < -0.3 is 17.2 Å². The van der Waals surface area contributed by atoms with Crippen LogP contribution in [-0.2, 0) is 4.79 Å². The summed E-state index contributed by atoms with van der Waals surface area (Å²) >= 11 is 1.64. The molecule has 7 heteroatoms. The lowest BCUT2D eigenvalue weighted by atomic mass is 9.96. The number of hydrogen-bond acceptors (Lipinski definition) is 5. The molecule has 0 bridgehead atoms. The predicted octanol–water partition coefficient (Wildman–Crippen LogP) is 1.93. The van der Waals surface area contributed by atoms with Crippen molar-refractivity contribution >= 4 is 29.4 Å². The molecule has 0 radical (unpaired) electrons. The van der Waals surface area contributed by atoms with Gasteiger partial charge in [-0.1, -0.05) is 19.3 Å². The summed E-state index contributed by atoms with van der Waals surface area (Å²) in [6.07, 6.45) is 7.52. The number of amides is 1. The molecule has 1 aliphatic carbocycles. The monoisotopic (exact) mass is 333 g/mol. The first-order valence-corrected chi connectivity index (χ1v) is 8.50. The minimum absolute atomic E-state index is 0.0146. The summed E-state index contributed by atoms with van der Waals surface area (Å²) in [7, 11) is 0. The number of nitrogens with one attached hydrogen (secondary N) is 1. The number of amidine groups is 1. The van der Waals surface area contributed by atoms with Crippen LogP contribution in [0.1, 0.15) is 32.1 Å². The van der Waals surface area contributed by atoms with Gasteiger partial charge in [-0.2, -0.15) is 0 Å². The lowest BCUT2D eigenvalue weighted by Gasteiger charge is -2.22. The lowest BCUT2D eigenvalue weighted by Crippen LogP contribution is -2.27. The van der Waals surface area contributed by atoms with Crippen molar-refractivity contribution in [2.75, 3.05) is 0 Å². The van der Waals surface area contributed by atoms with Gasteiger partial charge >= 0.3 is 0 Å². The topological polar surface area (TPSA) is 120 Å². The van der Waals surface area contributed by atoms with Crippen molar-refractivity contribution in [3.8, 4) is 0 Å². The fraction of sp³-hybridized carbons (Fsp3) is 0.375. The van der Waals surface area contributed by atoms with Crippen LogP contribution in [0.4, 0.5) is 5.69 Å². The fourth-order valence-corrected chi connectivity index (χ4v) is 3.26. The Kier molecular flexibility index (Phi) is 6.49. The summed E-state index contributed by atoms with van der Waals surface area (Å²) in [5.41, 5.74) is 16.9. The second kappa shape index (κ2) is 8.59. The standard InChI is InChI=1S/C16H23N5OS/c17-10-14(16(19)22)15(18)20-11-6-8-13(9-7-11)23-21-12-4-2-1-3-5-12/h6-10,12,21H,1-5,17H2,(H2,18,20)(H2,19,22)/b14-10+. The van der Waals surface area contributed by atoms with Crippen LogP contribution >= 0.6 is 11.9 Å². The van der Waals surface area contributed by atoms with Crippen LogP contribution in [0.3, 0.4) is 0 Å². The van der Waals surface area contributed by atoms with E-state index in [0.717, 1.165) is 11.1 Å². The van der Waals surface area contributed by atoms with Crippen molar-refractivity contribution in [3.63, 3.8) is 0 Å². The van der Waals surface area contributed by atoms with Gasteiger partial charge in [-0.3, -0.25) is 9.52 Å². The molecule has 0 saturated heterocycles. The van der Waals surface area contributed by atoms with Crippen LogP contribution < -0.4 is 21.9 Å². The number of primary amides is 1. The van der Waals surface area contributed by atoms with Crippen LogP contribution in [0.25, 0.3) is 0 Å². The molecule has 0 spiro atoms. The molecule has 23 heavy (non-hydrogen) atoms. The van der Waals surface area contributed by atoms with Crippen molar-refractivity contribution in [1.82, 2.24) is 4.72 Å². The Morgan fingerprint density at radius 3 is 2.39 bits per heavy atom. The Hall–Kier alpha value is -1.99. The molecule has 6 nitrogen and oxygen atoms in total. The van der Waals surface area contributed by atoms with E-state index in [4.69, 9.17) is 17.2 Å². The smallest absolute Gasteiger partial charge is 0.253 e. The summed E-state index contributed by atoms with van der Waals surface area (Å²) in [4.78, 5) is 16.4. The summed E-state index contributed by atoms with van der Waals surface area (Å²) in [5, 5.41) is 0. The Balaban J connectivity index is 1.94. The SMILES string of the molecule is N/C=C(/C(N)=O)C(N)=Nc1ccc(SNC2CCCCC2)cc1. The molecule has 0 heterocycles. The molecule has 1 aliphatic rings. The van der Waals surface area contributed by atoms with E-state index in [1.165, 1.54) is 32.1 Å². The molecule has 1 aromatic carbocycles. The number of carbonyl (C=O) groups is 1. The zero-order valence-corrected chi connectivity index (χ0v) is 13.8. The molecule has 7 N–H and O–H groups in total. The molecular weight excluding hydrogens is 310 g/mol. The number of hydrogen-bond donors (Lipinski definition) is 4. The number of rotatable bonds is 6. The summed E-state index contributed by atoms with van der Waals surface area (Å²) in [6.45, 7) is 0. The van der Waals surface area contributed by atoms with Gasteiger partial charge in [0.25, 0.3) is 5.91 Å². The third kappa shape index (κ3) is 5.30. The van der Waals surface area contributed by atoms with E-state index in [-0.39, 0.29) is 11.4 Å². The summed E-state index contributed by atoms with van der Waals surface area (Å²) in [6, 6.07) is 8.19. The molecule has 0 aromatic heterocycles. The van der Waals surface area contributed by atoms with Crippen LogP contribution in [0.5, 0.6) is 0 Å². The first-order valence-electron chi connectivity index (χ1n) is 7.69. The van der Waals surface area contributed by atoms with E-state index in [2.05, 4.69) is 9.71 Å². The number of aliphatic imine (C=N–C) groups is 1. The number of benzene rings is 1. The van der Waals surface area contributed by atoms with E-state index in [1.54, 1.807) is 11.9 Å². The maximum Gasteiger partial charge on any atom is 0.253 e. The molecular formula is C16H23N5OS. The molecule has 0 aliphatic heterocycles. The van der Waals surface area contributed by atoms with E-state index in [9.17, 15) is 4.79 Å². The zero-order chi connectivity index (χ0) is 16.7. The Bertz CT molecular complexity index is 591. The number of carbonyl (C=O) groups excluding carboxylic acids is 1. The van der Waals surface area contributed by atoms with Gasteiger partial charge in [-0.25, -0.2) is 4.99 Å². The van der Waals surface area contributed by atoms with E-state index >= 15 is 0 Å². The zero-order valence-electron chi connectivity index (χ0n) is 13.0. The summed E-state index contributed by atoms with van der Waals surface area (Å²) < 4.78 is 3.51. The fourth-order valence-electron chi connectivity index (χ4n) is 2.45. The minimum Gasteiger partial charge on any atom is -0.404 e. The van der Waals surface area contributed by atoms with E-state index in [1.807, 2.05) is 24.3 Å². The molecule has 1 saturated carbocycles. The highest BCUT2D eigenvalue weighted by molar-refractivity contribution is 7.97. The Labute approximate surface area is 140 Å². The van der Waals surface area contributed by atoms with Crippen molar-refractivity contribution in [2.45, 2.75) is 43.0 Å². The van der Waals surface area contributed by atoms with Crippen molar-refractivity contribution in [2.24, 2.45) is 22.2 Å². The van der Waals surface area contributed by atoms with Crippen molar-refractivity contribution in [1.29, 1.82) is 0 Å². The van der Waals surface area contributed by atoms with Gasteiger partial charge in [-0.05, 0) is 49.1 Å².